The van der Waals surface area contributed by atoms with E-state index in [9.17, 15) is 18.0 Å². The molecule has 106 valence electrons. The number of nitrogens with zero attached hydrogens (tertiary/aromatic N) is 3. The van der Waals surface area contributed by atoms with Crippen LogP contribution in [0.5, 0.6) is 0 Å². The molecular weight excluding hydrogens is 273 g/mol. The maximum atomic E-state index is 12.0. The number of aromatic nitrogens is 3. The van der Waals surface area contributed by atoms with Crippen molar-refractivity contribution in [2.45, 2.75) is 12.6 Å². The Morgan fingerprint density at radius 1 is 1.35 bits per heavy atom. The van der Waals surface area contributed by atoms with Gasteiger partial charge in [-0.3, -0.25) is 9.78 Å². The van der Waals surface area contributed by atoms with Gasteiger partial charge < -0.3 is 5.32 Å². The van der Waals surface area contributed by atoms with Crippen molar-refractivity contribution < 1.29 is 18.0 Å². The molecule has 8 heteroatoms. The Hall–Kier alpha value is -2.38. The molecule has 0 aromatic carbocycles. The number of amides is 1. The number of alkyl halides is 3. The van der Waals surface area contributed by atoms with Crippen molar-refractivity contribution in [3.05, 3.63) is 42.5 Å². The maximum absolute atomic E-state index is 12.0. The third-order valence-electron chi connectivity index (χ3n) is 2.45. The number of rotatable bonds is 4. The summed E-state index contributed by atoms with van der Waals surface area (Å²) in [6, 6.07) is 3.45. The average Bonchev–Trinajstić information content (AvgIpc) is 2.88. The van der Waals surface area contributed by atoms with Crippen LogP contribution < -0.4 is 5.32 Å². The smallest absolute Gasteiger partial charge is 0.352 e. The third-order valence-corrected chi connectivity index (χ3v) is 2.45. The molecule has 2 aromatic heterocycles. The molecule has 0 spiro atoms. The lowest BCUT2D eigenvalue weighted by molar-refractivity contribution is -0.132. The van der Waals surface area contributed by atoms with Crippen molar-refractivity contribution in [1.82, 2.24) is 20.1 Å². The van der Waals surface area contributed by atoms with E-state index in [1.54, 1.807) is 24.5 Å². The molecule has 5 nitrogen and oxygen atoms in total. The Labute approximate surface area is 112 Å². The van der Waals surface area contributed by atoms with E-state index in [1.807, 2.05) is 0 Å². The molecule has 0 fully saturated rings. The van der Waals surface area contributed by atoms with E-state index in [2.05, 4.69) is 15.4 Å². The zero-order valence-electron chi connectivity index (χ0n) is 10.3. The Morgan fingerprint density at radius 2 is 2.15 bits per heavy atom. The summed E-state index contributed by atoms with van der Waals surface area (Å²) in [6.07, 6.45) is 0.522. The van der Waals surface area contributed by atoms with Crippen LogP contribution in [0.1, 0.15) is 16.8 Å². The third kappa shape index (κ3) is 3.81. The van der Waals surface area contributed by atoms with Gasteiger partial charge in [-0.15, -0.1) is 0 Å². The largest absolute Gasteiger partial charge is 0.390 e. The number of halogens is 3. The first-order chi connectivity index (χ1) is 9.46. The zero-order valence-corrected chi connectivity index (χ0v) is 10.3. The van der Waals surface area contributed by atoms with Crippen LogP contribution in [-0.4, -0.2) is 33.4 Å². The van der Waals surface area contributed by atoms with Gasteiger partial charge in [-0.1, -0.05) is 0 Å². The fraction of sp³-hybridized carbons (Fsp3) is 0.250. The molecule has 0 bridgehead atoms. The van der Waals surface area contributed by atoms with Gasteiger partial charge in [0, 0.05) is 18.9 Å². The van der Waals surface area contributed by atoms with Crippen molar-refractivity contribution in [3.8, 4) is 5.69 Å². The molecule has 2 heterocycles. The minimum absolute atomic E-state index is 0.191. The second-order valence-electron chi connectivity index (χ2n) is 4.01. The van der Waals surface area contributed by atoms with E-state index >= 15 is 0 Å². The van der Waals surface area contributed by atoms with E-state index in [-0.39, 0.29) is 5.56 Å². The van der Waals surface area contributed by atoms with Crippen molar-refractivity contribution in [2.24, 2.45) is 0 Å². The van der Waals surface area contributed by atoms with Crippen molar-refractivity contribution in [3.63, 3.8) is 0 Å². The topological polar surface area (TPSA) is 59.8 Å². The van der Waals surface area contributed by atoms with Gasteiger partial charge in [-0.25, -0.2) is 4.68 Å². The van der Waals surface area contributed by atoms with E-state index in [4.69, 9.17) is 0 Å². The first kappa shape index (κ1) is 14.0. The lowest BCUT2D eigenvalue weighted by Crippen LogP contribution is -2.27. The van der Waals surface area contributed by atoms with Gasteiger partial charge in [0.25, 0.3) is 5.91 Å². The van der Waals surface area contributed by atoms with Crippen LogP contribution in [0.15, 0.2) is 36.9 Å². The highest BCUT2D eigenvalue weighted by Gasteiger charge is 2.26. The molecule has 2 rings (SSSR count). The molecule has 0 saturated carbocycles. The van der Waals surface area contributed by atoms with Crippen LogP contribution in [0.25, 0.3) is 5.69 Å². The number of nitrogens with one attached hydrogen (secondary N) is 1. The van der Waals surface area contributed by atoms with Gasteiger partial charge in [0.15, 0.2) is 0 Å². The zero-order chi connectivity index (χ0) is 14.6. The SMILES string of the molecule is O=C(NCCC(F)(F)F)c1cnn(-c2cccnc2)c1. The van der Waals surface area contributed by atoms with E-state index in [0.29, 0.717) is 5.69 Å². The number of carbonyl (C=O) groups excluding carboxylic acids is 1. The highest BCUT2D eigenvalue weighted by molar-refractivity contribution is 5.93. The van der Waals surface area contributed by atoms with Crippen LogP contribution in [0.2, 0.25) is 0 Å². The first-order valence-electron chi connectivity index (χ1n) is 5.76. The standard InChI is InChI=1S/C12H11F3N4O/c13-12(14,15)3-5-17-11(20)9-6-18-19(8-9)10-2-1-4-16-7-10/h1-2,4,6-8H,3,5H2,(H,17,20). The molecule has 0 radical (unpaired) electrons. The molecule has 2 aromatic rings. The summed E-state index contributed by atoms with van der Waals surface area (Å²) >= 11 is 0. The molecule has 1 N–H and O–H groups in total. The van der Waals surface area contributed by atoms with E-state index in [1.165, 1.54) is 17.1 Å². The molecule has 20 heavy (non-hydrogen) atoms. The monoisotopic (exact) mass is 284 g/mol. The molecule has 0 unspecified atom stereocenters. The Kier molecular flexibility index (Phi) is 4.02. The normalized spacial score (nSPS) is 11.3. The summed E-state index contributed by atoms with van der Waals surface area (Å²) < 4.78 is 37.3. The predicted molar refractivity (Wildman–Crippen MR) is 64.4 cm³/mol. The molecule has 0 saturated heterocycles. The van der Waals surface area contributed by atoms with Gasteiger partial charge >= 0.3 is 6.18 Å². The van der Waals surface area contributed by atoms with Gasteiger partial charge in [0.1, 0.15) is 0 Å². The molecule has 1 amide bonds. The highest BCUT2D eigenvalue weighted by Crippen LogP contribution is 2.18. The van der Waals surface area contributed by atoms with Gasteiger partial charge in [-0.05, 0) is 12.1 Å². The van der Waals surface area contributed by atoms with Crippen LogP contribution in [-0.2, 0) is 0 Å². The first-order valence-corrected chi connectivity index (χ1v) is 5.76. The minimum atomic E-state index is -4.28. The van der Waals surface area contributed by atoms with Crippen LogP contribution in [0, 0.1) is 0 Å². The molecular formula is C12H11F3N4O. The number of pyridine rings is 1. The summed E-state index contributed by atoms with van der Waals surface area (Å²) in [4.78, 5) is 15.5. The van der Waals surface area contributed by atoms with E-state index < -0.39 is 25.0 Å². The summed E-state index contributed by atoms with van der Waals surface area (Å²) in [6.45, 7) is -0.458. The van der Waals surface area contributed by atoms with Gasteiger partial charge in [-0.2, -0.15) is 18.3 Å². The van der Waals surface area contributed by atoms with E-state index in [0.717, 1.165) is 0 Å². The van der Waals surface area contributed by atoms with Crippen LogP contribution in [0.3, 0.4) is 0 Å². The van der Waals surface area contributed by atoms with Crippen molar-refractivity contribution in [2.75, 3.05) is 6.54 Å². The summed E-state index contributed by atoms with van der Waals surface area (Å²) in [5.41, 5.74) is 0.845. The number of carbonyl (C=O) groups is 1. The summed E-state index contributed by atoms with van der Waals surface area (Å²) in [5.74, 6) is -0.593. The van der Waals surface area contributed by atoms with Gasteiger partial charge in [0.2, 0.25) is 0 Å². The van der Waals surface area contributed by atoms with Crippen molar-refractivity contribution >= 4 is 5.91 Å². The lowest BCUT2D eigenvalue weighted by atomic mass is 10.3. The molecule has 0 aliphatic heterocycles. The van der Waals surface area contributed by atoms with Crippen LogP contribution >= 0.6 is 0 Å². The Balaban J connectivity index is 1.97. The summed E-state index contributed by atoms with van der Waals surface area (Å²) in [7, 11) is 0. The molecule has 0 aliphatic rings. The quantitative estimate of drug-likeness (QED) is 0.933. The molecule has 0 atom stereocenters. The maximum Gasteiger partial charge on any atom is 0.390 e. The van der Waals surface area contributed by atoms with Gasteiger partial charge in [0.05, 0.1) is 30.1 Å². The fourth-order valence-corrected chi connectivity index (χ4v) is 1.49. The predicted octanol–water partition coefficient (Wildman–Crippen LogP) is 1.95. The fourth-order valence-electron chi connectivity index (χ4n) is 1.49. The lowest BCUT2D eigenvalue weighted by Gasteiger charge is -2.06. The Bertz CT molecular complexity index is 580. The average molecular weight is 284 g/mol. The second-order valence-corrected chi connectivity index (χ2v) is 4.01. The summed E-state index contributed by atoms with van der Waals surface area (Å²) in [5, 5.41) is 6.15. The Morgan fingerprint density at radius 3 is 2.80 bits per heavy atom. The number of hydrogen-bond acceptors (Lipinski definition) is 3. The number of hydrogen-bond donors (Lipinski definition) is 1. The molecule has 0 aliphatic carbocycles. The van der Waals surface area contributed by atoms with Crippen molar-refractivity contribution in [1.29, 1.82) is 0 Å². The van der Waals surface area contributed by atoms with Crippen LogP contribution in [0.4, 0.5) is 13.2 Å². The highest BCUT2D eigenvalue weighted by atomic mass is 19.4. The second kappa shape index (κ2) is 5.72. The minimum Gasteiger partial charge on any atom is -0.352 e.